The maximum absolute atomic E-state index is 12.1. The Bertz CT molecular complexity index is 345. The van der Waals surface area contributed by atoms with Crippen molar-refractivity contribution in [1.82, 2.24) is 9.03 Å². The Kier molecular flexibility index (Phi) is 6.04. The van der Waals surface area contributed by atoms with Gasteiger partial charge >= 0.3 is 0 Å². The van der Waals surface area contributed by atoms with Crippen LogP contribution >= 0.6 is 0 Å². The number of nitrogens with one attached hydrogen (secondary N) is 1. The zero-order chi connectivity index (χ0) is 13.8. The van der Waals surface area contributed by atoms with Crippen LogP contribution in [0.15, 0.2) is 0 Å². The van der Waals surface area contributed by atoms with E-state index in [1.165, 1.54) is 4.31 Å². The predicted octanol–water partition coefficient (Wildman–Crippen LogP) is 0.926. The lowest BCUT2D eigenvalue weighted by Gasteiger charge is -2.24. The topological polar surface area (TPSA) is 75.4 Å². The molecule has 18 heavy (non-hydrogen) atoms. The summed E-state index contributed by atoms with van der Waals surface area (Å²) in [6.07, 6.45) is 3.89. The molecule has 1 aliphatic rings. The molecular formula is C12H27N3O2S. The Morgan fingerprint density at radius 1 is 1.39 bits per heavy atom. The summed E-state index contributed by atoms with van der Waals surface area (Å²) in [5.74, 6) is 1.07. The van der Waals surface area contributed by atoms with Gasteiger partial charge in [-0.25, -0.2) is 0 Å². The lowest BCUT2D eigenvalue weighted by Crippen LogP contribution is -2.45. The number of rotatable bonds is 7. The molecule has 0 spiro atoms. The maximum atomic E-state index is 12.1. The van der Waals surface area contributed by atoms with Crippen LogP contribution in [0.25, 0.3) is 0 Å². The van der Waals surface area contributed by atoms with Crippen LogP contribution in [-0.4, -0.2) is 38.9 Å². The number of nitrogens with two attached hydrogens (primary N) is 1. The van der Waals surface area contributed by atoms with Crippen LogP contribution in [0.1, 0.15) is 39.5 Å². The fourth-order valence-electron chi connectivity index (χ4n) is 2.71. The molecule has 0 saturated heterocycles. The average molecular weight is 277 g/mol. The first kappa shape index (κ1) is 15.9. The Morgan fingerprint density at radius 2 is 2.06 bits per heavy atom. The molecule has 0 amide bonds. The minimum Gasteiger partial charge on any atom is -0.330 e. The van der Waals surface area contributed by atoms with Crippen molar-refractivity contribution in [1.29, 1.82) is 0 Å². The van der Waals surface area contributed by atoms with E-state index < -0.39 is 10.2 Å². The molecule has 1 saturated carbocycles. The number of hydrogen-bond acceptors (Lipinski definition) is 3. The molecule has 1 fully saturated rings. The van der Waals surface area contributed by atoms with Gasteiger partial charge in [0, 0.05) is 19.6 Å². The minimum absolute atomic E-state index is 0.0836. The Balaban J connectivity index is 2.55. The van der Waals surface area contributed by atoms with E-state index in [2.05, 4.69) is 18.6 Å². The molecule has 0 aromatic heterocycles. The average Bonchev–Trinajstić information content (AvgIpc) is 2.66. The van der Waals surface area contributed by atoms with Crippen molar-refractivity contribution in [3.05, 3.63) is 0 Å². The molecule has 0 aromatic rings. The molecule has 1 rings (SSSR count). The van der Waals surface area contributed by atoms with Crippen LogP contribution in [-0.2, 0) is 10.2 Å². The molecule has 0 bridgehead atoms. The lowest BCUT2D eigenvalue weighted by atomic mass is 9.94. The van der Waals surface area contributed by atoms with E-state index in [-0.39, 0.29) is 6.04 Å². The second-order valence-electron chi connectivity index (χ2n) is 5.30. The van der Waals surface area contributed by atoms with Gasteiger partial charge in [0.2, 0.25) is 0 Å². The van der Waals surface area contributed by atoms with Crippen molar-refractivity contribution in [2.45, 2.75) is 45.6 Å². The first-order valence-corrected chi connectivity index (χ1v) is 8.30. The number of hydrogen-bond donors (Lipinski definition) is 2. The van der Waals surface area contributed by atoms with Gasteiger partial charge in [-0.2, -0.15) is 17.4 Å². The van der Waals surface area contributed by atoms with Gasteiger partial charge in [-0.05, 0) is 37.6 Å². The Hall–Kier alpha value is -0.170. The smallest absolute Gasteiger partial charge is 0.279 e. The number of nitrogens with zero attached hydrogens (tertiary/aromatic N) is 1. The molecule has 6 heteroatoms. The van der Waals surface area contributed by atoms with Crippen molar-refractivity contribution in [3.8, 4) is 0 Å². The first-order chi connectivity index (χ1) is 8.42. The third-order valence-corrected chi connectivity index (χ3v) is 5.74. The SMILES string of the molecule is CCC1CCC(NS(=O)(=O)N(C)CCCN)C1C. The summed E-state index contributed by atoms with van der Waals surface area (Å²) >= 11 is 0. The second kappa shape index (κ2) is 6.84. The van der Waals surface area contributed by atoms with Crippen LogP contribution in [0.4, 0.5) is 0 Å². The zero-order valence-corrected chi connectivity index (χ0v) is 12.5. The summed E-state index contributed by atoms with van der Waals surface area (Å²) in [5.41, 5.74) is 5.40. The highest BCUT2D eigenvalue weighted by molar-refractivity contribution is 7.87. The van der Waals surface area contributed by atoms with Gasteiger partial charge in [-0.3, -0.25) is 0 Å². The Morgan fingerprint density at radius 3 is 2.56 bits per heavy atom. The molecule has 0 aliphatic heterocycles. The van der Waals surface area contributed by atoms with Crippen LogP contribution < -0.4 is 10.5 Å². The molecule has 3 unspecified atom stereocenters. The van der Waals surface area contributed by atoms with Gasteiger partial charge in [-0.15, -0.1) is 0 Å². The van der Waals surface area contributed by atoms with E-state index in [9.17, 15) is 8.42 Å². The summed E-state index contributed by atoms with van der Waals surface area (Å²) in [4.78, 5) is 0. The van der Waals surface area contributed by atoms with Crippen molar-refractivity contribution in [3.63, 3.8) is 0 Å². The largest absolute Gasteiger partial charge is 0.330 e. The second-order valence-corrected chi connectivity index (χ2v) is 7.11. The van der Waals surface area contributed by atoms with Gasteiger partial charge < -0.3 is 5.73 Å². The van der Waals surface area contributed by atoms with Crippen LogP contribution in [0, 0.1) is 11.8 Å². The molecular weight excluding hydrogens is 250 g/mol. The highest BCUT2D eigenvalue weighted by atomic mass is 32.2. The van der Waals surface area contributed by atoms with E-state index in [0.29, 0.717) is 31.3 Å². The summed E-state index contributed by atoms with van der Waals surface area (Å²) in [7, 11) is -1.75. The standard InChI is InChI=1S/C12H27N3O2S/c1-4-11-6-7-12(10(11)2)14-18(16,17)15(3)9-5-8-13/h10-12,14H,4-9,13H2,1-3H3. The van der Waals surface area contributed by atoms with Crippen molar-refractivity contribution >= 4 is 10.2 Å². The van der Waals surface area contributed by atoms with Crippen LogP contribution in [0.5, 0.6) is 0 Å². The lowest BCUT2D eigenvalue weighted by molar-refractivity contribution is 0.360. The van der Waals surface area contributed by atoms with Gasteiger partial charge in [0.1, 0.15) is 0 Å². The van der Waals surface area contributed by atoms with E-state index >= 15 is 0 Å². The highest BCUT2D eigenvalue weighted by Gasteiger charge is 2.34. The molecule has 0 radical (unpaired) electrons. The molecule has 0 aromatic carbocycles. The molecule has 0 heterocycles. The van der Waals surface area contributed by atoms with E-state index in [1.807, 2.05) is 0 Å². The molecule has 108 valence electrons. The summed E-state index contributed by atoms with van der Waals surface area (Å²) in [6.45, 7) is 5.31. The first-order valence-electron chi connectivity index (χ1n) is 6.86. The maximum Gasteiger partial charge on any atom is 0.279 e. The van der Waals surface area contributed by atoms with Crippen molar-refractivity contribution in [2.75, 3.05) is 20.1 Å². The third-order valence-electron chi connectivity index (χ3n) is 4.14. The Labute approximate surface area is 111 Å². The molecule has 3 N–H and O–H groups in total. The van der Waals surface area contributed by atoms with Gasteiger partial charge in [0.25, 0.3) is 10.2 Å². The van der Waals surface area contributed by atoms with E-state index in [0.717, 1.165) is 19.3 Å². The van der Waals surface area contributed by atoms with Crippen molar-refractivity contribution in [2.24, 2.45) is 17.6 Å². The quantitative estimate of drug-likeness (QED) is 0.727. The molecule has 5 nitrogen and oxygen atoms in total. The minimum atomic E-state index is -3.35. The predicted molar refractivity (Wildman–Crippen MR) is 74.3 cm³/mol. The molecule has 3 atom stereocenters. The fraction of sp³-hybridized carbons (Fsp3) is 1.00. The summed E-state index contributed by atoms with van der Waals surface area (Å²) in [6, 6.07) is 0.0836. The van der Waals surface area contributed by atoms with E-state index in [1.54, 1.807) is 7.05 Å². The molecule has 1 aliphatic carbocycles. The zero-order valence-electron chi connectivity index (χ0n) is 11.7. The summed E-state index contributed by atoms with van der Waals surface area (Å²) in [5, 5.41) is 0. The van der Waals surface area contributed by atoms with Crippen LogP contribution in [0.2, 0.25) is 0 Å². The van der Waals surface area contributed by atoms with Gasteiger partial charge in [-0.1, -0.05) is 20.3 Å². The third kappa shape index (κ3) is 3.91. The van der Waals surface area contributed by atoms with Gasteiger partial charge in [0.15, 0.2) is 0 Å². The van der Waals surface area contributed by atoms with E-state index in [4.69, 9.17) is 5.73 Å². The highest BCUT2D eigenvalue weighted by Crippen LogP contribution is 2.34. The summed E-state index contributed by atoms with van der Waals surface area (Å²) < 4.78 is 28.4. The monoisotopic (exact) mass is 277 g/mol. The normalized spacial score (nSPS) is 29.1. The van der Waals surface area contributed by atoms with Crippen LogP contribution in [0.3, 0.4) is 0 Å². The van der Waals surface area contributed by atoms with Crippen molar-refractivity contribution < 1.29 is 8.42 Å². The fourth-order valence-corrected chi connectivity index (χ4v) is 3.97. The van der Waals surface area contributed by atoms with Gasteiger partial charge in [0.05, 0.1) is 0 Å².